The van der Waals surface area contributed by atoms with E-state index in [0.717, 1.165) is 10.6 Å². The van der Waals surface area contributed by atoms with Crippen molar-refractivity contribution in [3.63, 3.8) is 0 Å². The first-order valence-electron chi connectivity index (χ1n) is 13.0. The maximum atomic E-state index is 15.1. The zero-order valence-electron chi connectivity index (χ0n) is 23.8. The van der Waals surface area contributed by atoms with Crippen LogP contribution in [0.25, 0.3) is 10.4 Å². The molecule has 0 bridgehead atoms. The third-order valence-electron chi connectivity index (χ3n) is 6.47. The lowest BCUT2D eigenvalue weighted by Gasteiger charge is -2.35. The lowest BCUT2D eigenvalue weighted by molar-refractivity contribution is -0.142. The summed E-state index contributed by atoms with van der Waals surface area (Å²) in [6.07, 6.45) is -1.64. The highest BCUT2D eigenvalue weighted by atomic mass is 32.1. The Labute approximate surface area is 233 Å². The second-order valence-corrected chi connectivity index (χ2v) is 12.9. The molecule has 1 aromatic carbocycles. The van der Waals surface area contributed by atoms with E-state index in [1.807, 2.05) is 6.92 Å². The van der Waals surface area contributed by atoms with E-state index in [9.17, 15) is 19.5 Å². The number of nitrogens with zero attached hydrogens (tertiary/aromatic N) is 2. The number of β-amino-alcohol motifs (C(OH)–C–C–N with tert-alkyl or cyclic N) is 1. The van der Waals surface area contributed by atoms with E-state index >= 15 is 4.39 Å². The van der Waals surface area contributed by atoms with Crippen molar-refractivity contribution in [3.05, 3.63) is 40.8 Å². The fraction of sp³-hybridized carbons (Fsp3) is 0.571. The number of halogens is 1. The normalized spacial score (nSPS) is 19.4. The second kappa shape index (κ2) is 11.6. The van der Waals surface area contributed by atoms with Gasteiger partial charge in [-0.25, -0.2) is 14.2 Å². The molecule has 2 heterocycles. The number of thiazole rings is 1. The molecule has 1 aliphatic rings. The number of rotatable bonds is 6. The Kier molecular flexibility index (Phi) is 9.06. The molecule has 9 nitrogen and oxygen atoms in total. The van der Waals surface area contributed by atoms with Crippen molar-refractivity contribution in [2.45, 2.75) is 91.6 Å². The molecule has 4 atom stereocenters. The summed E-state index contributed by atoms with van der Waals surface area (Å²) < 4.78 is 20.4. The number of ether oxygens (including phenoxy) is 1. The molecule has 0 saturated carbocycles. The molecule has 214 valence electrons. The average Bonchev–Trinajstić information content (AvgIpc) is 3.40. The summed E-state index contributed by atoms with van der Waals surface area (Å²) in [6, 6.07) is 2.15. The topological polar surface area (TPSA) is 121 Å². The smallest absolute Gasteiger partial charge is 0.408 e. The number of carbonyl (C=O) groups is 3. The van der Waals surface area contributed by atoms with Crippen LogP contribution in [0, 0.1) is 18.2 Å². The Hall–Kier alpha value is -3.05. The first-order valence-corrected chi connectivity index (χ1v) is 13.8. The highest BCUT2D eigenvalue weighted by Crippen LogP contribution is 2.31. The summed E-state index contributed by atoms with van der Waals surface area (Å²) >= 11 is 1.42. The number of hydrogen-bond donors (Lipinski definition) is 3. The lowest BCUT2D eigenvalue weighted by Crippen LogP contribution is -2.58. The maximum absolute atomic E-state index is 15.1. The van der Waals surface area contributed by atoms with Gasteiger partial charge in [0.05, 0.1) is 28.2 Å². The summed E-state index contributed by atoms with van der Waals surface area (Å²) in [7, 11) is 0. The fourth-order valence-corrected chi connectivity index (χ4v) is 5.33. The van der Waals surface area contributed by atoms with Gasteiger partial charge in [-0.1, -0.05) is 32.9 Å². The van der Waals surface area contributed by atoms with E-state index in [0.29, 0.717) is 11.1 Å². The highest BCUT2D eigenvalue weighted by molar-refractivity contribution is 7.13. The number of nitrogens with one attached hydrogen (secondary N) is 2. The third-order valence-corrected chi connectivity index (χ3v) is 7.45. The number of aryl methyl sites for hydroxylation is 1. The summed E-state index contributed by atoms with van der Waals surface area (Å²) in [5.74, 6) is -1.49. The van der Waals surface area contributed by atoms with Crippen molar-refractivity contribution in [2.75, 3.05) is 6.54 Å². The minimum atomic E-state index is -1.01. The highest BCUT2D eigenvalue weighted by Gasteiger charge is 2.45. The van der Waals surface area contributed by atoms with Crippen LogP contribution in [-0.4, -0.2) is 63.2 Å². The Morgan fingerprint density at radius 1 is 1.18 bits per heavy atom. The molecule has 1 aliphatic heterocycles. The van der Waals surface area contributed by atoms with Gasteiger partial charge >= 0.3 is 6.09 Å². The van der Waals surface area contributed by atoms with E-state index in [2.05, 4.69) is 15.6 Å². The first-order chi connectivity index (χ1) is 18.0. The van der Waals surface area contributed by atoms with Gasteiger partial charge in [-0.15, -0.1) is 11.3 Å². The number of aliphatic hydroxyl groups excluding tert-OH is 1. The molecule has 1 aromatic heterocycles. The van der Waals surface area contributed by atoms with Gasteiger partial charge < -0.3 is 25.4 Å². The zero-order chi connectivity index (χ0) is 29.3. The minimum absolute atomic E-state index is 0.0274. The van der Waals surface area contributed by atoms with Gasteiger partial charge in [-0.2, -0.15) is 0 Å². The molecule has 0 unspecified atom stereocenters. The summed E-state index contributed by atoms with van der Waals surface area (Å²) in [4.78, 5) is 45.8. The molecule has 1 saturated heterocycles. The molecule has 3 N–H and O–H groups in total. The van der Waals surface area contributed by atoms with Crippen molar-refractivity contribution in [1.29, 1.82) is 0 Å². The maximum Gasteiger partial charge on any atom is 0.408 e. The SMILES string of the molecule is Cc1ncsc1-c1ccc([C@H](C)NC(=O)[C@@H]2C[C@@H](O)CN2C(=O)[C@@H](NC(=O)OC(C)(C)C)C(C)(C)C)c(F)c1. The van der Waals surface area contributed by atoms with Gasteiger partial charge in [0.15, 0.2) is 0 Å². The number of benzene rings is 1. The molecule has 2 aromatic rings. The Bertz CT molecular complexity index is 1220. The molecular weight excluding hydrogens is 523 g/mol. The number of amides is 3. The number of hydrogen-bond acceptors (Lipinski definition) is 7. The average molecular weight is 563 g/mol. The third kappa shape index (κ3) is 7.54. The summed E-state index contributed by atoms with van der Waals surface area (Å²) in [6.45, 7) is 14.0. The first kappa shape index (κ1) is 30.5. The lowest BCUT2D eigenvalue weighted by atomic mass is 9.85. The van der Waals surface area contributed by atoms with Gasteiger partial charge in [0.1, 0.15) is 23.5 Å². The van der Waals surface area contributed by atoms with Crippen LogP contribution in [0.2, 0.25) is 0 Å². The largest absolute Gasteiger partial charge is 0.444 e. The van der Waals surface area contributed by atoms with Gasteiger partial charge in [0, 0.05) is 18.5 Å². The van der Waals surface area contributed by atoms with Crippen LogP contribution < -0.4 is 10.6 Å². The molecule has 0 spiro atoms. The minimum Gasteiger partial charge on any atom is -0.444 e. The van der Waals surface area contributed by atoms with Crippen LogP contribution >= 0.6 is 11.3 Å². The van der Waals surface area contributed by atoms with Crippen molar-refractivity contribution in [2.24, 2.45) is 5.41 Å². The summed E-state index contributed by atoms with van der Waals surface area (Å²) in [5.41, 5.74) is 2.05. The Morgan fingerprint density at radius 3 is 2.38 bits per heavy atom. The Balaban J connectivity index is 1.76. The quantitative estimate of drug-likeness (QED) is 0.482. The van der Waals surface area contributed by atoms with Crippen LogP contribution in [0.4, 0.5) is 9.18 Å². The zero-order valence-corrected chi connectivity index (χ0v) is 24.6. The molecule has 0 aliphatic carbocycles. The summed E-state index contributed by atoms with van der Waals surface area (Å²) in [5, 5.41) is 15.8. The van der Waals surface area contributed by atoms with Crippen molar-refractivity contribution in [1.82, 2.24) is 20.5 Å². The van der Waals surface area contributed by atoms with Crippen LogP contribution in [-0.2, 0) is 14.3 Å². The monoisotopic (exact) mass is 562 g/mol. The fourth-order valence-electron chi connectivity index (χ4n) is 4.53. The van der Waals surface area contributed by atoms with Crippen LogP contribution in [0.5, 0.6) is 0 Å². The van der Waals surface area contributed by atoms with Gasteiger partial charge in [0.25, 0.3) is 0 Å². The molecule has 0 radical (unpaired) electrons. The standard InChI is InChI=1S/C28H39FN4O5S/c1-15(19-10-9-17(11-20(19)29)22-16(2)30-14-39-22)31-24(35)21-12-18(34)13-33(21)25(36)23(27(3,4)5)32-26(37)38-28(6,7)8/h9-11,14-15,18,21,23,34H,12-13H2,1-8H3,(H,31,35)(H,32,37)/t15-,18+,21-,23+/m0/s1. The number of aliphatic hydroxyl groups is 1. The molecular formula is C28H39FN4O5S. The van der Waals surface area contributed by atoms with Gasteiger partial charge in [0.2, 0.25) is 11.8 Å². The number of carbonyl (C=O) groups excluding carboxylic acids is 3. The van der Waals surface area contributed by atoms with Gasteiger partial charge in [-0.3, -0.25) is 9.59 Å². The number of likely N-dealkylation sites (tertiary alicyclic amines) is 1. The van der Waals surface area contributed by atoms with Crippen molar-refractivity contribution in [3.8, 4) is 10.4 Å². The number of aromatic nitrogens is 1. The predicted octanol–water partition coefficient (Wildman–Crippen LogP) is 4.34. The predicted molar refractivity (Wildman–Crippen MR) is 148 cm³/mol. The van der Waals surface area contributed by atoms with Gasteiger partial charge in [-0.05, 0) is 51.7 Å². The molecule has 11 heteroatoms. The van der Waals surface area contributed by atoms with Crippen molar-refractivity contribution >= 4 is 29.2 Å². The van der Waals surface area contributed by atoms with E-state index in [-0.39, 0.29) is 13.0 Å². The van der Waals surface area contributed by atoms with E-state index < -0.39 is 59.0 Å². The van der Waals surface area contributed by atoms with Crippen LogP contribution in [0.15, 0.2) is 23.7 Å². The van der Waals surface area contributed by atoms with Crippen LogP contribution in [0.1, 0.15) is 72.2 Å². The van der Waals surface area contributed by atoms with E-state index in [4.69, 9.17) is 4.74 Å². The van der Waals surface area contributed by atoms with E-state index in [1.165, 1.54) is 22.3 Å². The van der Waals surface area contributed by atoms with Crippen LogP contribution in [0.3, 0.4) is 0 Å². The van der Waals surface area contributed by atoms with Crippen molar-refractivity contribution < 1.29 is 28.6 Å². The second-order valence-electron chi connectivity index (χ2n) is 12.1. The molecule has 1 fully saturated rings. The number of alkyl carbamates (subject to hydrolysis) is 1. The molecule has 3 rings (SSSR count). The Morgan fingerprint density at radius 2 is 1.85 bits per heavy atom. The van der Waals surface area contributed by atoms with E-state index in [1.54, 1.807) is 66.1 Å². The molecule has 3 amide bonds. The molecule has 39 heavy (non-hydrogen) atoms.